The molecule has 2 N–H and O–H groups in total. The molecule has 94 valence electrons. The van der Waals surface area contributed by atoms with Crippen LogP contribution in [0.5, 0.6) is 0 Å². The summed E-state index contributed by atoms with van der Waals surface area (Å²) >= 11 is 4.98. The highest BCUT2D eigenvalue weighted by molar-refractivity contribution is 9.11. The van der Waals surface area contributed by atoms with Crippen molar-refractivity contribution in [3.63, 3.8) is 0 Å². The van der Waals surface area contributed by atoms with Crippen LogP contribution in [-0.4, -0.2) is 11.0 Å². The summed E-state index contributed by atoms with van der Waals surface area (Å²) in [5, 5.41) is 7.50. The van der Waals surface area contributed by atoms with E-state index in [0.29, 0.717) is 12.4 Å². The van der Waals surface area contributed by atoms with Crippen LogP contribution in [0.2, 0.25) is 0 Å². The second-order valence-electron chi connectivity index (χ2n) is 3.74. The average Bonchev–Trinajstić information content (AvgIpc) is 2.76. The number of rotatable bonds is 3. The lowest BCUT2D eigenvalue weighted by Crippen LogP contribution is -2.28. The first-order chi connectivity index (χ1) is 8.65. The van der Waals surface area contributed by atoms with Crippen LogP contribution in [0.4, 0.5) is 10.6 Å². The number of aromatic nitrogens is 1. The van der Waals surface area contributed by atoms with Crippen molar-refractivity contribution in [1.82, 2.24) is 10.3 Å². The van der Waals surface area contributed by atoms with Crippen molar-refractivity contribution in [1.29, 1.82) is 0 Å². The Morgan fingerprint density at radius 3 is 3.06 bits per heavy atom. The van der Waals surface area contributed by atoms with E-state index in [1.807, 2.05) is 30.5 Å². The minimum Gasteiger partial charge on any atom is -0.334 e. The quantitative estimate of drug-likeness (QED) is 0.906. The Bertz CT molecular complexity index is 556. The molecule has 0 saturated heterocycles. The molecular formula is C12H12BrN3OS. The number of anilines is 1. The molecule has 0 aromatic carbocycles. The lowest BCUT2D eigenvalue weighted by atomic mass is 10.3. The first-order valence-electron chi connectivity index (χ1n) is 5.34. The molecular weight excluding hydrogens is 314 g/mol. The van der Waals surface area contributed by atoms with Gasteiger partial charge in [-0.05, 0) is 51.5 Å². The molecule has 0 bridgehead atoms. The summed E-state index contributed by atoms with van der Waals surface area (Å²) in [6, 6.07) is 5.47. The van der Waals surface area contributed by atoms with E-state index in [1.54, 1.807) is 17.5 Å². The number of pyridine rings is 1. The van der Waals surface area contributed by atoms with Crippen LogP contribution in [0.3, 0.4) is 0 Å². The summed E-state index contributed by atoms with van der Waals surface area (Å²) in [5.41, 5.74) is 2.01. The fraction of sp³-hybridized carbons (Fsp3) is 0.167. The van der Waals surface area contributed by atoms with Crippen LogP contribution in [0.1, 0.15) is 11.1 Å². The van der Waals surface area contributed by atoms with Crippen LogP contribution in [0, 0.1) is 6.92 Å². The molecule has 2 heterocycles. The van der Waals surface area contributed by atoms with Crippen molar-refractivity contribution < 1.29 is 4.79 Å². The van der Waals surface area contributed by atoms with E-state index in [9.17, 15) is 4.79 Å². The van der Waals surface area contributed by atoms with Crippen molar-refractivity contribution in [2.75, 3.05) is 5.32 Å². The number of thiophene rings is 1. The molecule has 4 nitrogen and oxygen atoms in total. The second-order valence-corrected chi connectivity index (χ2v) is 6.03. The van der Waals surface area contributed by atoms with Crippen LogP contribution in [0.25, 0.3) is 0 Å². The van der Waals surface area contributed by atoms with Crippen LogP contribution in [-0.2, 0) is 6.54 Å². The third-order valence-corrected chi connectivity index (χ3v) is 3.87. The van der Waals surface area contributed by atoms with Gasteiger partial charge in [0, 0.05) is 12.7 Å². The number of amides is 2. The molecule has 2 aromatic heterocycles. The maximum atomic E-state index is 11.7. The third-order valence-electron chi connectivity index (χ3n) is 2.32. The zero-order valence-electron chi connectivity index (χ0n) is 9.74. The highest BCUT2D eigenvalue weighted by Crippen LogP contribution is 2.20. The number of hydrogen-bond acceptors (Lipinski definition) is 3. The summed E-state index contributed by atoms with van der Waals surface area (Å²) in [6.07, 6.45) is 1.65. The Labute approximate surface area is 118 Å². The molecule has 0 aliphatic heterocycles. The Morgan fingerprint density at radius 2 is 2.39 bits per heavy atom. The summed E-state index contributed by atoms with van der Waals surface area (Å²) < 4.78 is 1.06. The predicted octanol–water partition coefficient (Wildman–Crippen LogP) is 3.54. The molecule has 0 fully saturated rings. The van der Waals surface area contributed by atoms with E-state index in [-0.39, 0.29) is 6.03 Å². The predicted molar refractivity (Wildman–Crippen MR) is 76.9 cm³/mol. The minimum absolute atomic E-state index is 0.251. The van der Waals surface area contributed by atoms with Gasteiger partial charge >= 0.3 is 6.03 Å². The van der Waals surface area contributed by atoms with Gasteiger partial charge in [-0.2, -0.15) is 0 Å². The lowest BCUT2D eigenvalue weighted by molar-refractivity contribution is 0.251. The van der Waals surface area contributed by atoms with Crippen molar-refractivity contribution >= 4 is 39.1 Å². The van der Waals surface area contributed by atoms with Gasteiger partial charge in [0.25, 0.3) is 0 Å². The molecule has 0 atom stereocenters. The molecule has 0 unspecified atom stereocenters. The fourth-order valence-electron chi connectivity index (χ4n) is 1.39. The van der Waals surface area contributed by atoms with Gasteiger partial charge in [-0.1, -0.05) is 6.07 Å². The van der Waals surface area contributed by atoms with Gasteiger partial charge in [-0.15, -0.1) is 11.3 Å². The molecule has 0 aliphatic carbocycles. The van der Waals surface area contributed by atoms with E-state index in [2.05, 4.69) is 31.5 Å². The van der Waals surface area contributed by atoms with Gasteiger partial charge in [-0.25, -0.2) is 9.78 Å². The summed E-state index contributed by atoms with van der Waals surface area (Å²) in [4.78, 5) is 15.8. The number of nitrogens with zero attached hydrogens (tertiary/aromatic N) is 1. The number of carbonyl (C=O) groups excluding carboxylic acids is 1. The molecule has 2 rings (SSSR count). The summed E-state index contributed by atoms with van der Waals surface area (Å²) in [7, 11) is 0. The molecule has 0 radical (unpaired) electrons. The molecule has 2 aromatic rings. The number of urea groups is 1. The maximum absolute atomic E-state index is 11.7. The maximum Gasteiger partial charge on any atom is 0.320 e. The van der Waals surface area contributed by atoms with Crippen molar-refractivity contribution in [2.24, 2.45) is 0 Å². The normalized spacial score (nSPS) is 10.1. The zero-order chi connectivity index (χ0) is 13.0. The van der Waals surface area contributed by atoms with Gasteiger partial charge in [0.15, 0.2) is 0 Å². The lowest BCUT2D eigenvalue weighted by Gasteiger charge is -2.07. The van der Waals surface area contributed by atoms with E-state index in [4.69, 9.17) is 0 Å². The van der Waals surface area contributed by atoms with Crippen LogP contribution >= 0.6 is 27.3 Å². The van der Waals surface area contributed by atoms with Gasteiger partial charge in [0.1, 0.15) is 5.82 Å². The summed E-state index contributed by atoms with van der Waals surface area (Å²) in [5.74, 6) is 0.585. The smallest absolute Gasteiger partial charge is 0.320 e. The molecule has 0 spiro atoms. The average molecular weight is 326 g/mol. The second kappa shape index (κ2) is 5.97. The van der Waals surface area contributed by atoms with Crippen LogP contribution < -0.4 is 10.6 Å². The number of aryl methyl sites for hydroxylation is 1. The highest BCUT2D eigenvalue weighted by Gasteiger charge is 2.05. The fourth-order valence-corrected chi connectivity index (χ4v) is 2.60. The monoisotopic (exact) mass is 325 g/mol. The third kappa shape index (κ3) is 3.54. The van der Waals surface area contributed by atoms with Crippen molar-refractivity contribution in [2.45, 2.75) is 13.5 Å². The molecule has 2 amide bonds. The molecule has 18 heavy (non-hydrogen) atoms. The van der Waals surface area contributed by atoms with Crippen molar-refractivity contribution in [3.05, 3.63) is 44.7 Å². The van der Waals surface area contributed by atoms with Crippen molar-refractivity contribution in [3.8, 4) is 0 Å². The number of hydrogen-bond donors (Lipinski definition) is 2. The summed E-state index contributed by atoms with van der Waals surface area (Å²) in [6.45, 7) is 2.40. The minimum atomic E-state index is -0.251. The SMILES string of the molecule is Cc1cccnc1NC(=O)NCc1csc(Br)c1. The largest absolute Gasteiger partial charge is 0.334 e. The zero-order valence-corrected chi connectivity index (χ0v) is 12.1. The Kier molecular flexibility index (Phi) is 4.33. The Morgan fingerprint density at radius 1 is 1.56 bits per heavy atom. The van der Waals surface area contributed by atoms with Gasteiger partial charge in [0.2, 0.25) is 0 Å². The van der Waals surface area contributed by atoms with Gasteiger partial charge in [0.05, 0.1) is 3.79 Å². The Balaban J connectivity index is 1.88. The topological polar surface area (TPSA) is 54.0 Å². The van der Waals surface area contributed by atoms with E-state index < -0.39 is 0 Å². The van der Waals surface area contributed by atoms with E-state index in [0.717, 1.165) is 14.9 Å². The van der Waals surface area contributed by atoms with E-state index in [1.165, 1.54) is 0 Å². The molecule has 0 saturated carbocycles. The number of halogens is 1. The Hall–Kier alpha value is -1.40. The van der Waals surface area contributed by atoms with E-state index >= 15 is 0 Å². The first-order valence-corrected chi connectivity index (χ1v) is 7.02. The first kappa shape index (κ1) is 13.0. The molecule has 6 heteroatoms. The molecule has 0 aliphatic rings. The number of carbonyl (C=O) groups is 1. The highest BCUT2D eigenvalue weighted by atomic mass is 79.9. The van der Waals surface area contributed by atoms with Crippen LogP contribution in [0.15, 0.2) is 33.6 Å². The standard InChI is InChI=1S/C12H12BrN3OS/c1-8-3-2-4-14-11(8)16-12(17)15-6-9-5-10(13)18-7-9/h2-5,7H,6H2,1H3,(H2,14,15,16,17). The number of nitrogens with one attached hydrogen (secondary N) is 2. The van der Waals surface area contributed by atoms with Gasteiger partial charge in [-0.3, -0.25) is 5.32 Å². The van der Waals surface area contributed by atoms with Gasteiger partial charge < -0.3 is 5.32 Å².